The van der Waals surface area contributed by atoms with E-state index in [-0.39, 0.29) is 12.0 Å². The van der Waals surface area contributed by atoms with Crippen LogP contribution in [0.15, 0.2) is 24.3 Å². The third-order valence-corrected chi connectivity index (χ3v) is 5.22. The van der Waals surface area contributed by atoms with Crippen molar-refractivity contribution < 1.29 is 9.53 Å². The Balaban J connectivity index is 1.76. The van der Waals surface area contributed by atoms with Crippen LogP contribution in [0.4, 0.5) is 5.13 Å². The van der Waals surface area contributed by atoms with Crippen molar-refractivity contribution >= 4 is 34.0 Å². The molecule has 1 atom stereocenters. The van der Waals surface area contributed by atoms with Crippen LogP contribution in [0.5, 0.6) is 0 Å². The summed E-state index contributed by atoms with van der Waals surface area (Å²) in [4.78, 5) is 19.6. The summed E-state index contributed by atoms with van der Waals surface area (Å²) in [7, 11) is 1.80. The molecule has 23 heavy (non-hydrogen) atoms. The van der Waals surface area contributed by atoms with E-state index in [1.807, 2.05) is 36.1 Å². The summed E-state index contributed by atoms with van der Waals surface area (Å²) in [5.41, 5.74) is 1.79. The van der Waals surface area contributed by atoms with Gasteiger partial charge in [0.05, 0.1) is 18.8 Å². The molecule has 7 heteroatoms. The number of halogens is 1. The molecule has 1 fully saturated rings. The number of nitrogens with one attached hydrogen (secondary N) is 1. The maximum Gasteiger partial charge on any atom is 0.266 e. The number of hydrogen-bond donors (Lipinski definition) is 1. The van der Waals surface area contributed by atoms with E-state index in [9.17, 15) is 4.79 Å². The summed E-state index contributed by atoms with van der Waals surface area (Å²) in [5.74, 6) is 0.0174. The van der Waals surface area contributed by atoms with Crippen LogP contribution in [0.3, 0.4) is 0 Å². The summed E-state index contributed by atoms with van der Waals surface area (Å²) in [6, 6.07) is 7.57. The van der Waals surface area contributed by atoms with E-state index in [4.69, 9.17) is 16.3 Å². The normalized spacial score (nSPS) is 18.0. The van der Waals surface area contributed by atoms with Gasteiger partial charge in [0.25, 0.3) is 5.91 Å². The van der Waals surface area contributed by atoms with Gasteiger partial charge in [-0.1, -0.05) is 35.1 Å². The number of ether oxygens (including phenoxy) is 1. The highest BCUT2D eigenvalue weighted by molar-refractivity contribution is 7.17. The molecule has 0 radical (unpaired) electrons. The maximum absolute atomic E-state index is 12.8. The van der Waals surface area contributed by atoms with Crippen molar-refractivity contribution in [1.82, 2.24) is 9.88 Å². The van der Waals surface area contributed by atoms with E-state index in [2.05, 4.69) is 10.3 Å². The van der Waals surface area contributed by atoms with Crippen molar-refractivity contribution in [3.63, 3.8) is 0 Å². The lowest BCUT2D eigenvalue weighted by atomic mass is 10.1. The first kappa shape index (κ1) is 16.2. The molecule has 0 bridgehead atoms. The van der Waals surface area contributed by atoms with Crippen molar-refractivity contribution in [2.75, 3.05) is 32.1 Å². The van der Waals surface area contributed by atoms with Gasteiger partial charge in [-0.05, 0) is 24.6 Å². The smallest absolute Gasteiger partial charge is 0.266 e. The number of nitrogens with zero attached hydrogens (tertiary/aromatic N) is 2. The Kier molecular flexibility index (Phi) is 4.84. The summed E-state index contributed by atoms with van der Waals surface area (Å²) in [6.45, 7) is 3.51. The Bertz CT molecular complexity index is 702. The number of hydrogen-bond acceptors (Lipinski definition) is 5. The fraction of sp³-hybridized carbons (Fsp3) is 0.375. The van der Waals surface area contributed by atoms with Crippen molar-refractivity contribution in [3.8, 4) is 0 Å². The Morgan fingerprint density at radius 1 is 1.43 bits per heavy atom. The van der Waals surface area contributed by atoms with E-state index in [0.717, 1.165) is 16.4 Å². The molecule has 1 aromatic carbocycles. The Labute approximate surface area is 144 Å². The summed E-state index contributed by atoms with van der Waals surface area (Å²) < 4.78 is 5.82. The highest BCUT2D eigenvalue weighted by Gasteiger charge is 2.28. The first-order valence-corrected chi connectivity index (χ1v) is 8.59. The largest absolute Gasteiger partial charge is 0.370 e. The molecule has 0 unspecified atom stereocenters. The van der Waals surface area contributed by atoms with Gasteiger partial charge in [-0.2, -0.15) is 0 Å². The predicted molar refractivity (Wildman–Crippen MR) is 92.4 cm³/mol. The molecule has 1 aromatic heterocycles. The molecule has 1 N–H and O–H groups in total. The van der Waals surface area contributed by atoms with Gasteiger partial charge in [-0.3, -0.25) is 4.79 Å². The summed E-state index contributed by atoms with van der Waals surface area (Å²) >= 11 is 7.31. The standard InChI is InChI=1S/C16H18ClN3O2S/c1-10-14(23-16(18-2)19-10)15(21)20-7-8-22-13(9-20)11-3-5-12(17)6-4-11/h3-6,13H,7-9H2,1-2H3,(H,18,19)/t13-/m0/s1. The molecule has 0 saturated carbocycles. The van der Waals surface area contributed by atoms with Crippen molar-refractivity contribution in [2.24, 2.45) is 0 Å². The minimum Gasteiger partial charge on any atom is -0.370 e. The highest BCUT2D eigenvalue weighted by atomic mass is 35.5. The third kappa shape index (κ3) is 3.49. The molecular weight excluding hydrogens is 334 g/mol. The first-order valence-electron chi connectivity index (χ1n) is 7.40. The number of morpholine rings is 1. The van der Waals surface area contributed by atoms with Crippen molar-refractivity contribution in [1.29, 1.82) is 0 Å². The number of thiazole rings is 1. The van der Waals surface area contributed by atoms with Crippen molar-refractivity contribution in [2.45, 2.75) is 13.0 Å². The molecule has 2 heterocycles. The molecular formula is C16H18ClN3O2S. The number of amides is 1. The van der Waals surface area contributed by atoms with E-state index in [1.54, 1.807) is 7.05 Å². The number of rotatable bonds is 3. The first-order chi connectivity index (χ1) is 11.1. The molecule has 0 spiro atoms. The number of carbonyl (C=O) groups excluding carboxylic acids is 1. The number of aromatic nitrogens is 1. The number of anilines is 1. The van der Waals surface area contributed by atoms with Crippen LogP contribution in [-0.4, -0.2) is 42.5 Å². The minimum atomic E-state index is -0.123. The molecule has 1 aliphatic rings. The van der Waals surface area contributed by atoms with E-state index in [1.165, 1.54) is 11.3 Å². The highest BCUT2D eigenvalue weighted by Crippen LogP contribution is 2.28. The van der Waals surface area contributed by atoms with Crippen LogP contribution in [0.1, 0.15) is 27.0 Å². The van der Waals surface area contributed by atoms with Crippen molar-refractivity contribution in [3.05, 3.63) is 45.4 Å². The van der Waals surface area contributed by atoms with Crippen LogP contribution < -0.4 is 5.32 Å². The number of benzene rings is 1. The molecule has 2 aromatic rings. The molecule has 5 nitrogen and oxygen atoms in total. The summed E-state index contributed by atoms with van der Waals surface area (Å²) in [6.07, 6.45) is -0.123. The SMILES string of the molecule is CNc1nc(C)c(C(=O)N2CCO[C@H](c3ccc(Cl)cc3)C2)s1. The van der Waals surface area contributed by atoms with Gasteiger partial charge in [0, 0.05) is 18.6 Å². The lowest BCUT2D eigenvalue weighted by molar-refractivity contribution is -0.0226. The molecule has 1 saturated heterocycles. The second kappa shape index (κ2) is 6.86. The maximum atomic E-state index is 12.8. The molecule has 0 aliphatic carbocycles. The van der Waals surface area contributed by atoms with Crippen LogP contribution in [-0.2, 0) is 4.74 Å². The van der Waals surface area contributed by atoms with E-state index in [0.29, 0.717) is 29.6 Å². The van der Waals surface area contributed by atoms with Gasteiger partial charge < -0.3 is 15.0 Å². The second-order valence-electron chi connectivity index (χ2n) is 5.35. The Morgan fingerprint density at radius 3 is 2.83 bits per heavy atom. The van der Waals surface area contributed by atoms with Crippen LogP contribution >= 0.6 is 22.9 Å². The van der Waals surface area contributed by atoms with Gasteiger partial charge in [0.2, 0.25) is 0 Å². The fourth-order valence-electron chi connectivity index (χ4n) is 2.56. The zero-order valence-corrected chi connectivity index (χ0v) is 14.6. The van der Waals surface area contributed by atoms with E-state index < -0.39 is 0 Å². The Morgan fingerprint density at radius 2 is 2.17 bits per heavy atom. The molecule has 1 amide bonds. The lowest BCUT2D eigenvalue weighted by Gasteiger charge is -2.33. The summed E-state index contributed by atoms with van der Waals surface area (Å²) in [5, 5.41) is 4.44. The zero-order valence-electron chi connectivity index (χ0n) is 13.0. The van der Waals surface area contributed by atoms with Crippen LogP contribution in [0, 0.1) is 6.92 Å². The molecule has 3 rings (SSSR count). The zero-order chi connectivity index (χ0) is 16.4. The number of aryl methyl sites for hydroxylation is 1. The van der Waals surface area contributed by atoms with E-state index >= 15 is 0 Å². The number of carbonyl (C=O) groups is 1. The van der Waals surface area contributed by atoms with Gasteiger partial charge >= 0.3 is 0 Å². The average Bonchev–Trinajstić information content (AvgIpc) is 2.96. The van der Waals surface area contributed by atoms with Gasteiger partial charge in [-0.25, -0.2) is 4.98 Å². The minimum absolute atomic E-state index is 0.0174. The molecule has 1 aliphatic heterocycles. The second-order valence-corrected chi connectivity index (χ2v) is 6.78. The topological polar surface area (TPSA) is 54.5 Å². The van der Waals surface area contributed by atoms with Crippen LogP contribution in [0.25, 0.3) is 0 Å². The third-order valence-electron chi connectivity index (χ3n) is 3.80. The Hall–Kier alpha value is -1.63. The lowest BCUT2D eigenvalue weighted by Crippen LogP contribution is -2.42. The average molecular weight is 352 g/mol. The van der Waals surface area contributed by atoms with Gasteiger partial charge in [0.15, 0.2) is 5.13 Å². The monoisotopic (exact) mass is 351 g/mol. The van der Waals surface area contributed by atoms with Gasteiger partial charge in [0.1, 0.15) is 11.0 Å². The fourth-order valence-corrected chi connectivity index (χ4v) is 3.57. The van der Waals surface area contributed by atoms with Gasteiger partial charge in [-0.15, -0.1) is 0 Å². The predicted octanol–water partition coefficient (Wildman–Crippen LogP) is 3.36. The molecule has 122 valence electrons. The van der Waals surface area contributed by atoms with Crippen LogP contribution in [0.2, 0.25) is 5.02 Å². The quantitative estimate of drug-likeness (QED) is 0.921.